The first kappa shape index (κ1) is 9.76. The summed E-state index contributed by atoms with van der Waals surface area (Å²) in [5.41, 5.74) is 7.28. The van der Waals surface area contributed by atoms with Crippen molar-refractivity contribution in [3.63, 3.8) is 0 Å². The molecule has 5 heteroatoms. The highest BCUT2D eigenvalue weighted by molar-refractivity contribution is 5.65. The lowest BCUT2D eigenvalue weighted by molar-refractivity contribution is 0.155. The number of pyridine rings is 1. The number of anilines is 1. The van der Waals surface area contributed by atoms with E-state index in [-0.39, 0.29) is 5.92 Å². The Kier molecular flexibility index (Phi) is 2.45. The van der Waals surface area contributed by atoms with Crippen LogP contribution in [0.4, 0.5) is 10.5 Å². The second-order valence-electron chi connectivity index (χ2n) is 3.77. The SMILES string of the molecule is Nc1cncc(C2CCN(C(=O)O)C2)c1. The molecule has 0 spiro atoms. The Morgan fingerprint density at radius 3 is 3.00 bits per heavy atom. The number of nitrogen functional groups attached to an aromatic ring is 1. The molecule has 1 aliphatic heterocycles. The molecule has 1 aromatic rings. The third-order valence-corrected chi connectivity index (χ3v) is 2.71. The van der Waals surface area contributed by atoms with Crippen LogP contribution in [-0.2, 0) is 0 Å². The maximum absolute atomic E-state index is 10.7. The van der Waals surface area contributed by atoms with Crippen LogP contribution >= 0.6 is 0 Å². The van der Waals surface area contributed by atoms with Gasteiger partial charge in [0.1, 0.15) is 0 Å². The van der Waals surface area contributed by atoms with E-state index >= 15 is 0 Å². The van der Waals surface area contributed by atoms with E-state index in [2.05, 4.69) is 4.98 Å². The first-order valence-corrected chi connectivity index (χ1v) is 4.85. The molecule has 1 aliphatic rings. The van der Waals surface area contributed by atoms with E-state index in [1.54, 1.807) is 12.4 Å². The van der Waals surface area contributed by atoms with Crippen LogP contribution in [0.1, 0.15) is 17.9 Å². The van der Waals surface area contributed by atoms with Crippen molar-refractivity contribution in [2.75, 3.05) is 18.8 Å². The van der Waals surface area contributed by atoms with Gasteiger partial charge in [-0.3, -0.25) is 4.98 Å². The van der Waals surface area contributed by atoms with E-state index in [0.29, 0.717) is 18.8 Å². The quantitative estimate of drug-likeness (QED) is 0.723. The molecule has 1 aromatic heterocycles. The number of nitrogens with zero attached hydrogens (tertiary/aromatic N) is 2. The van der Waals surface area contributed by atoms with E-state index in [1.165, 1.54) is 4.90 Å². The van der Waals surface area contributed by atoms with Gasteiger partial charge < -0.3 is 15.7 Å². The fraction of sp³-hybridized carbons (Fsp3) is 0.400. The Bertz CT molecular complexity index is 381. The molecule has 1 unspecified atom stereocenters. The van der Waals surface area contributed by atoms with Crippen molar-refractivity contribution in [3.8, 4) is 0 Å². The minimum absolute atomic E-state index is 0.233. The molecular formula is C10H13N3O2. The number of amides is 1. The average molecular weight is 207 g/mol. The van der Waals surface area contributed by atoms with E-state index in [1.807, 2.05) is 6.07 Å². The Morgan fingerprint density at radius 2 is 2.40 bits per heavy atom. The van der Waals surface area contributed by atoms with Crippen LogP contribution in [0.3, 0.4) is 0 Å². The molecule has 0 radical (unpaired) electrons. The fourth-order valence-corrected chi connectivity index (χ4v) is 1.91. The number of aromatic nitrogens is 1. The van der Waals surface area contributed by atoms with Crippen LogP contribution in [-0.4, -0.2) is 34.2 Å². The number of hydrogen-bond acceptors (Lipinski definition) is 3. The fourth-order valence-electron chi connectivity index (χ4n) is 1.91. The van der Waals surface area contributed by atoms with Crippen molar-refractivity contribution in [1.82, 2.24) is 9.88 Å². The van der Waals surface area contributed by atoms with Crippen LogP contribution in [0.2, 0.25) is 0 Å². The van der Waals surface area contributed by atoms with Gasteiger partial charge in [0.05, 0.1) is 5.69 Å². The van der Waals surface area contributed by atoms with Crippen LogP contribution < -0.4 is 5.73 Å². The highest BCUT2D eigenvalue weighted by Crippen LogP contribution is 2.27. The van der Waals surface area contributed by atoms with Crippen molar-refractivity contribution < 1.29 is 9.90 Å². The number of carbonyl (C=O) groups is 1. The number of rotatable bonds is 1. The molecule has 15 heavy (non-hydrogen) atoms. The highest BCUT2D eigenvalue weighted by atomic mass is 16.4. The summed E-state index contributed by atoms with van der Waals surface area (Å²) in [7, 11) is 0. The molecule has 1 amide bonds. The summed E-state index contributed by atoms with van der Waals surface area (Å²) in [5, 5.41) is 8.82. The normalized spacial score (nSPS) is 20.5. The summed E-state index contributed by atoms with van der Waals surface area (Å²) in [5.74, 6) is 0.233. The summed E-state index contributed by atoms with van der Waals surface area (Å²) in [6, 6.07) is 1.86. The van der Waals surface area contributed by atoms with Gasteiger partial charge in [-0.2, -0.15) is 0 Å². The van der Waals surface area contributed by atoms with Gasteiger partial charge in [0, 0.05) is 31.4 Å². The summed E-state index contributed by atoms with van der Waals surface area (Å²) in [6.07, 6.45) is 3.34. The Morgan fingerprint density at radius 1 is 1.60 bits per heavy atom. The monoisotopic (exact) mass is 207 g/mol. The number of likely N-dealkylation sites (tertiary alicyclic amines) is 1. The van der Waals surface area contributed by atoms with Crippen molar-refractivity contribution in [1.29, 1.82) is 0 Å². The molecule has 2 rings (SSSR count). The third kappa shape index (κ3) is 2.01. The van der Waals surface area contributed by atoms with Crippen molar-refractivity contribution in [2.45, 2.75) is 12.3 Å². The first-order chi connectivity index (χ1) is 7.16. The van der Waals surface area contributed by atoms with E-state index in [9.17, 15) is 4.79 Å². The maximum Gasteiger partial charge on any atom is 0.407 e. The van der Waals surface area contributed by atoms with E-state index < -0.39 is 6.09 Å². The first-order valence-electron chi connectivity index (χ1n) is 4.85. The van der Waals surface area contributed by atoms with Crippen LogP contribution in [0.15, 0.2) is 18.5 Å². The van der Waals surface area contributed by atoms with Gasteiger partial charge in [-0.15, -0.1) is 0 Å². The molecule has 5 nitrogen and oxygen atoms in total. The molecule has 1 saturated heterocycles. The molecule has 0 saturated carbocycles. The topological polar surface area (TPSA) is 79.5 Å². The molecule has 0 aromatic carbocycles. The van der Waals surface area contributed by atoms with Gasteiger partial charge in [0.25, 0.3) is 0 Å². The Hall–Kier alpha value is -1.78. The lowest BCUT2D eigenvalue weighted by Gasteiger charge is -2.12. The predicted molar refractivity (Wildman–Crippen MR) is 55.6 cm³/mol. The van der Waals surface area contributed by atoms with Gasteiger partial charge in [-0.25, -0.2) is 4.79 Å². The van der Waals surface area contributed by atoms with Crippen LogP contribution in [0, 0.1) is 0 Å². The smallest absolute Gasteiger partial charge is 0.407 e. The molecular weight excluding hydrogens is 194 g/mol. The summed E-state index contributed by atoms with van der Waals surface area (Å²) >= 11 is 0. The van der Waals surface area contributed by atoms with Crippen LogP contribution in [0.25, 0.3) is 0 Å². The van der Waals surface area contributed by atoms with Crippen molar-refractivity contribution in [3.05, 3.63) is 24.0 Å². The zero-order valence-electron chi connectivity index (χ0n) is 8.26. The zero-order chi connectivity index (χ0) is 10.8. The predicted octanol–water partition coefficient (Wildman–Crippen LogP) is 1.13. The standard InChI is InChI=1S/C10H13N3O2/c11-9-3-8(4-12-5-9)7-1-2-13(6-7)10(14)15/h3-5,7H,1-2,6,11H2,(H,14,15). The maximum atomic E-state index is 10.7. The summed E-state index contributed by atoms with van der Waals surface area (Å²) in [4.78, 5) is 16.2. The molecule has 1 atom stereocenters. The number of hydrogen-bond donors (Lipinski definition) is 2. The van der Waals surface area contributed by atoms with Gasteiger partial charge in [0.2, 0.25) is 0 Å². The van der Waals surface area contributed by atoms with Crippen molar-refractivity contribution >= 4 is 11.8 Å². The minimum atomic E-state index is -0.852. The Labute approximate surface area is 87.5 Å². The minimum Gasteiger partial charge on any atom is -0.465 e. The summed E-state index contributed by atoms with van der Waals surface area (Å²) < 4.78 is 0. The molecule has 80 valence electrons. The lowest BCUT2D eigenvalue weighted by atomic mass is 10.0. The highest BCUT2D eigenvalue weighted by Gasteiger charge is 2.27. The Balaban J connectivity index is 2.11. The molecule has 0 aliphatic carbocycles. The number of carboxylic acid groups (broad SMARTS) is 1. The largest absolute Gasteiger partial charge is 0.465 e. The molecule has 0 bridgehead atoms. The van der Waals surface area contributed by atoms with Crippen molar-refractivity contribution in [2.24, 2.45) is 0 Å². The van der Waals surface area contributed by atoms with Gasteiger partial charge in [0.15, 0.2) is 0 Å². The van der Waals surface area contributed by atoms with Gasteiger partial charge in [-0.1, -0.05) is 0 Å². The number of nitrogens with two attached hydrogens (primary N) is 1. The molecule has 2 heterocycles. The van der Waals surface area contributed by atoms with E-state index in [0.717, 1.165) is 12.0 Å². The molecule has 3 N–H and O–H groups in total. The van der Waals surface area contributed by atoms with Gasteiger partial charge >= 0.3 is 6.09 Å². The average Bonchev–Trinajstić information content (AvgIpc) is 2.66. The van der Waals surface area contributed by atoms with Crippen LogP contribution in [0.5, 0.6) is 0 Å². The lowest BCUT2D eigenvalue weighted by Crippen LogP contribution is -2.26. The third-order valence-electron chi connectivity index (χ3n) is 2.71. The summed E-state index contributed by atoms with van der Waals surface area (Å²) in [6.45, 7) is 1.13. The van der Waals surface area contributed by atoms with E-state index in [4.69, 9.17) is 10.8 Å². The zero-order valence-corrected chi connectivity index (χ0v) is 8.26. The second-order valence-corrected chi connectivity index (χ2v) is 3.77. The van der Waals surface area contributed by atoms with Gasteiger partial charge in [-0.05, 0) is 18.1 Å². The molecule has 1 fully saturated rings. The second kappa shape index (κ2) is 3.76.